The summed E-state index contributed by atoms with van der Waals surface area (Å²) < 4.78 is 39.7. The van der Waals surface area contributed by atoms with Crippen LogP contribution in [0.1, 0.15) is 19.3 Å². The van der Waals surface area contributed by atoms with Gasteiger partial charge in [0, 0.05) is 19.7 Å². The Morgan fingerprint density at radius 2 is 2.12 bits per heavy atom. The molecule has 0 aromatic heterocycles. The van der Waals surface area contributed by atoms with Gasteiger partial charge >= 0.3 is 6.18 Å². The summed E-state index contributed by atoms with van der Waals surface area (Å²) >= 11 is 0. The molecule has 0 radical (unpaired) electrons. The predicted molar refractivity (Wildman–Crippen MR) is 53.2 cm³/mol. The van der Waals surface area contributed by atoms with Crippen molar-refractivity contribution in [3.05, 3.63) is 0 Å². The van der Waals surface area contributed by atoms with Crippen molar-refractivity contribution in [1.82, 2.24) is 4.90 Å². The molecule has 1 unspecified atom stereocenters. The van der Waals surface area contributed by atoms with E-state index in [0.29, 0.717) is 19.5 Å². The Kier molecular flexibility index (Phi) is 5.51. The second-order valence-electron chi connectivity index (χ2n) is 4.12. The molecule has 0 aromatic carbocycles. The quantitative estimate of drug-likeness (QED) is 0.739. The fraction of sp³-hybridized carbons (Fsp3) is 1.00. The largest absolute Gasteiger partial charge is 0.411 e. The topological polar surface area (TPSA) is 32.7 Å². The third-order valence-electron chi connectivity index (χ3n) is 2.51. The third kappa shape index (κ3) is 6.30. The number of β-amino-alcohol motifs (C(OH)–C–C–N with tert-alkyl or cyclic N) is 1. The van der Waals surface area contributed by atoms with Crippen LogP contribution in [0.2, 0.25) is 0 Å². The van der Waals surface area contributed by atoms with Crippen LogP contribution < -0.4 is 0 Å². The van der Waals surface area contributed by atoms with Gasteiger partial charge in [-0.25, -0.2) is 0 Å². The minimum atomic E-state index is -4.23. The van der Waals surface area contributed by atoms with E-state index in [0.717, 1.165) is 19.4 Å². The number of aliphatic hydroxyl groups excluding tert-OH is 1. The van der Waals surface area contributed by atoms with E-state index in [2.05, 4.69) is 9.64 Å². The van der Waals surface area contributed by atoms with Crippen LogP contribution in [0, 0.1) is 0 Å². The minimum absolute atomic E-state index is 0.117. The maximum absolute atomic E-state index is 11.7. The number of hydrogen-bond donors (Lipinski definition) is 1. The molecule has 6 heteroatoms. The zero-order chi connectivity index (χ0) is 12.0. The number of nitrogens with zero attached hydrogens (tertiary/aromatic N) is 1. The fourth-order valence-corrected chi connectivity index (χ4v) is 1.81. The molecule has 96 valence electrons. The molecule has 3 nitrogen and oxygen atoms in total. The van der Waals surface area contributed by atoms with Crippen molar-refractivity contribution in [2.75, 3.05) is 32.8 Å². The monoisotopic (exact) mass is 241 g/mol. The van der Waals surface area contributed by atoms with Crippen molar-refractivity contribution in [2.45, 2.75) is 31.5 Å². The van der Waals surface area contributed by atoms with Gasteiger partial charge in [-0.1, -0.05) is 0 Å². The van der Waals surface area contributed by atoms with E-state index in [1.54, 1.807) is 0 Å². The average molecular weight is 241 g/mol. The molecule has 0 aromatic rings. The Balaban J connectivity index is 1.98. The summed E-state index contributed by atoms with van der Waals surface area (Å²) in [6, 6.07) is 0. The molecule has 1 N–H and O–H groups in total. The summed E-state index contributed by atoms with van der Waals surface area (Å²) in [6.07, 6.45) is -2.18. The van der Waals surface area contributed by atoms with Crippen molar-refractivity contribution in [3.8, 4) is 0 Å². The van der Waals surface area contributed by atoms with Gasteiger partial charge < -0.3 is 14.7 Å². The van der Waals surface area contributed by atoms with E-state index in [9.17, 15) is 18.3 Å². The molecule has 1 atom stereocenters. The molecule has 0 amide bonds. The molecule has 0 aliphatic carbocycles. The van der Waals surface area contributed by atoms with Gasteiger partial charge in [0.1, 0.15) is 6.61 Å². The highest BCUT2D eigenvalue weighted by Gasteiger charge is 2.27. The first-order chi connectivity index (χ1) is 7.47. The molecule has 1 aliphatic heterocycles. The summed E-state index contributed by atoms with van der Waals surface area (Å²) in [5.74, 6) is 0. The highest BCUT2D eigenvalue weighted by Crippen LogP contribution is 2.14. The summed E-state index contributed by atoms with van der Waals surface area (Å²) in [4.78, 5) is 2.06. The van der Waals surface area contributed by atoms with Crippen molar-refractivity contribution in [1.29, 1.82) is 0 Å². The Morgan fingerprint density at radius 1 is 1.38 bits per heavy atom. The van der Waals surface area contributed by atoms with E-state index in [1.807, 2.05) is 0 Å². The molecule has 0 saturated carbocycles. The summed E-state index contributed by atoms with van der Waals surface area (Å²) in [5.41, 5.74) is 0. The summed E-state index contributed by atoms with van der Waals surface area (Å²) in [5, 5.41) is 9.37. The molecule has 0 bridgehead atoms. The van der Waals surface area contributed by atoms with Crippen LogP contribution in [-0.2, 0) is 4.74 Å². The lowest BCUT2D eigenvalue weighted by Gasteiger charge is -2.29. The van der Waals surface area contributed by atoms with Gasteiger partial charge in [-0.05, 0) is 25.8 Å². The van der Waals surface area contributed by atoms with Crippen LogP contribution in [0.4, 0.5) is 13.2 Å². The SMILES string of the molecule is OC1CCCN(CCCOCC(F)(F)F)C1. The standard InChI is InChI=1S/C10H18F3NO2/c11-10(12,13)8-16-6-2-5-14-4-1-3-9(15)7-14/h9,15H,1-8H2. The van der Waals surface area contributed by atoms with Crippen molar-refractivity contribution >= 4 is 0 Å². The average Bonchev–Trinajstić information content (AvgIpc) is 2.15. The highest BCUT2D eigenvalue weighted by molar-refractivity contribution is 4.71. The molecular weight excluding hydrogens is 223 g/mol. The van der Waals surface area contributed by atoms with Gasteiger partial charge in [0.05, 0.1) is 6.10 Å². The Bertz CT molecular complexity index is 199. The zero-order valence-corrected chi connectivity index (χ0v) is 9.17. The lowest BCUT2D eigenvalue weighted by molar-refractivity contribution is -0.174. The van der Waals surface area contributed by atoms with Gasteiger partial charge in [0.25, 0.3) is 0 Å². The maximum atomic E-state index is 11.7. The van der Waals surface area contributed by atoms with Gasteiger partial charge in [-0.15, -0.1) is 0 Å². The fourth-order valence-electron chi connectivity index (χ4n) is 1.81. The van der Waals surface area contributed by atoms with Crippen LogP contribution >= 0.6 is 0 Å². The molecule has 1 saturated heterocycles. The first-order valence-corrected chi connectivity index (χ1v) is 5.52. The zero-order valence-electron chi connectivity index (χ0n) is 9.17. The third-order valence-corrected chi connectivity index (χ3v) is 2.51. The maximum Gasteiger partial charge on any atom is 0.411 e. The Hall–Kier alpha value is -0.330. The van der Waals surface area contributed by atoms with Gasteiger partial charge in [0.15, 0.2) is 0 Å². The van der Waals surface area contributed by atoms with Crippen molar-refractivity contribution in [2.24, 2.45) is 0 Å². The lowest BCUT2D eigenvalue weighted by atomic mass is 10.1. The highest BCUT2D eigenvalue weighted by atomic mass is 19.4. The van der Waals surface area contributed by atoms with Gasteiger partial charge in [-0.2, -0.15) is 13.2 Å². The number of aliphatic hydroxyl groups is 1. The van der Waals surface area contributed by atoms with Crippen LogP contribution in [0.15, 0.2) is 0 Å². The molecule has 0 spiro atoms. The number of piperidine rings is 1. The lowest BCUT2D eigenvalue weighted by Crippen LogP contribution is -2.39. The molecular formula is C10H18F3NO2. The van der Waals surface area contributed by atoms with Crippen LogP contribution in [0.3, 0.4) is 0 Å². The molecule has 1 heterocycles. The van der Waals surface area contributed by atoms with E-state index in [-0.39, 0.29) is 12.7 Å². The van der Waals surface area contributed by atoms with E-state index in [4.69, 9.17) is 0 Å². The van der Waals surface area contributed by atoms with E-state index in [1.165, 1.54) is 0 Å². The predicted octanol–water partition coefficient (Wildman–Crippen LogP) is 1.41. The summed E-state index contributed by atoms with van der Waals surface area (Å²) in [7, 11) is 0. The van der Waals surface area contributed by atoms with Gasteiger partial charge in [-0.3, -0.25) is 0 Å². The normalized spacial score (nSPS) is 23.6. The smallest absolute Gasteiger partial charge is 0.392 e. The Morgan fingerprint density at radius 3 is 2.75 bits per heavy atom. The number of alkyl halides is 3. The first-order valence-electron chi connectivity index (χ1n) is 5.52. The van der Waals surface area contributed by atoms with E-state index >= 15 is 0 Å². The summed E-state index contributed by atoms with van der Waals surface area (Å²) in [6.45, 7) is 1.17. The van der Waals surface area contributed by atoms with Crippen LogP contribution in [0.25, 0.3) is 0 Å². The molecule has 16 heavy (non-hydrogen) atoms. The van der Waals surface area contributed by atoms with E-state index < -0.39 is 12.8 Å². The molecule has 1 fully saturated rings. The number of rotatable bonds is 5. The Labute approximate surface area is 93.2 Å². The van der Waals surface area contributed by atoms with Crippen LogP contribution in [0.5, 0.6) is 0 Å². The number of likely N-dealkylation sites (tertiary alicyclic amines) is 1. The number of ether oxygens (including phenoxy) is 1. The minimum Gasteiger partial charge on any atom is -0.392 e. The molecule has 1 rings (SSSR count). The van der Waals surface area contributed by atoms with Crippen LogP contribution in [-0.4, -0.2) is 55.1 Å². The van der Waals surface area contributed by atoms with Gasteiger partial charge in [0.2, 0.25) is 0 Å². The number of hydrogen-bond acceptors (Lipinski definition) is 3. The number of halogens is 3. The van der Waals surface area contributed by atoms with Crippen molar-refractivity contribution < 1.29 is 23.0 Å². The second kappa shape index (κ2) is 6.42. The van der Waals surface area contributed by atoms with Crippen molar-refractivity contribution in [3.63, 3.8) is 0 Å². The molecule has 1 aliphatic rings. The second-order valence-corrected chi connectivity index (χ2v) is 4.12. The first kappa shape index (κ1) is 13.7.